The van der Waals surface area contributed by atoms with Gasteiger partial charge in [0, 0.05) is 6.04 Å². The number of hydrogen-bond acceptors (Lipinski definition) is 3. The Bertz CT molecular complexity index is 531. The Morgan fingerprint density at radius 1 is 1.38 bits per heavy atom. The maximum Gasteiger partial charge on any atom is 0.241 e. The van der Waals surface area contributed by atoms with Gasteiger partial charge in [-0.25, -0.2) is 4.39 Å². The lowest BCUT2D eigenvalue weighted by molar-refractivity contribution is -0.124. The molecule has 1 saturated carbocycles. The Kier molecular flexibility index (Phi) is 4.90. The van der Waals surface area contributed by atoms with Gasteiger partial charge in [0.05, 0.1) is 18.3 Å². The number of nitrogens with zero attached hydrogens (tertiary/aromatic N) is 1. The van der Waals surface area contributed by atoms with E-state index in [2.05, 4.69) is 10.6 Å². The summed E-state index contributed by atoms with van der Waals surface area (Å²) in [5.74, 6) is -0.917. The monoisotopic (exact) mass is 293 g/mol. The first-order chi connectivity index (χ1) is 9.97. The van der Waals surface area contributed by atoms with E-state index in [0.717, 1.165) is 12.8 Å². The molecule has 2 amide bonds. The van der Waals surface area contributed by atoms with E-state index >= 15 is 0 Å². The third-order valence-electron chi connectivity index (χ3n) is 3.51. The maximum atomic E-state index is 13.5. The van der Waals surface area contributed by atoms with Crippen LogP contribution in [0.15, 0.2) is 24.3 Å². The molecule has 21 heavy (non-hydrogen) atoms. The minimum absolute atomic E-state index is 0.0921. The first kappa shape index (κ1) is 15.4. The van der Waals surface area contributed by atoms with Gasteiger partial charge in [-0.05, 0) is 38.9 Å². The van der Waals surface area contributed by atoms with Crippen LogP contribution in [0.5, 0.6) is 0 Å². The Hall–Kier alpha value is -1.95. The summed E-state index contributed by atoms with van der Waals surface area (Å²) in [5.41, 5.74) is 0.144. The third kappa shape index (κ3) is 4.53. The lowest BCUT2D eigenvalue weighted by Gasteiger charge is -2.23. The van der Waals surface area contributed by atoms with Crippen molar-refractivity contribution in [3.8, 4) is 0 Å². The zero-order valence-corrected chi connectivity index (χ0v) is 12.2. The summed E-state index contributed by atoms with van der Waals surface area (Å²) < 4.78 is 13.5. The topological polar surface area (TPSA) is 61.4 Å². The van der Waals surface area contributed by atoms with Gasteiger partial charge < -0.3 is 10.6 Å². The fourth-order valence-corrected chi connectivity index (χ4v) is 1.86. The molecule has 6 heteroatoms. The molecule has 0 aliphatic heterocycles. The van der Waals surface area contributed by atoms with Crippen LogP contribution in [-0.4, -0.2) is 42.4 Å². The summed E-state index contributed by atoms with van der Waals surface area (Å²) in [6, 6.07) is 5.76. The number of carbonyl (C=O) groups excluding carboxylic acids is 2. The molecule has 1 atom stereocenters. The van der Waals surface area contributed by atoms with Gasteiger partial charge >= 0.3 is 0 Å². The lowest BCUT2D eigenvalue weighted by atomic mass is 10.2. The summed E-state index contributed by atoms with van der Waals surface area (Å²) >= 11 is 0. The molecule has 0 radical (unpaired) electrons. The number of anilines is 1. The number of carbonyl (C=O) groups is 2. The predicted octanol–water partition coefficient (Wildman–Crippen LogP) is 1.36. The molecule has 0 aromatic heterocycles. The third-order valence-corrected chi connectivity index (χ3v) is 3.51. The smallest absolute Gasteiger partial charge is 0.241 e. The molecule has 2 N–H and O–H groups in total. The second-order valence-electron chi connectivity index (χ2n) is 5.40. The molecule has 0 saturated heterocycles. The van der Waals surface area contributed by atoms with Crippen LogP contribution in [0.2, 0.25) is 0 Å². The minimum atomic E-state index is -0.533. The molecule has 2 rings (SSSR count). The van der Waals surface area contributed by atoms with Crippen molar-refractivity contribution < 1.29 is 14.0 Å². The molecule has 0 heterocycles. The highest BCUT2D eigenvalue weighted by Gasteiger charge is 2.25. The normalized spacial score (nSPS) is 15.6. The first-order valence-electron chi connectivity index (χ1n) is 7.02. The molecular formula is C15H20FN3O2. The molecule has 0 spiro atoms. The summed E-state index contributed by atoms with van der Waals surface area (Å²) in [6.45, 7) is 1.82. The van der Waals surface area contributed by atoms with Crippen LogP contribution < -0.4 is 10.6 Å². The van der Waals surface area contributed by atoms with E-state index in [1.165, 1.54) is 12.1 Å². The number of hydrogen-bond donors (Lipinski definition) is 2. The second-order valence-corrected chi connectivity index (χ2v) is 5.40. The SMILES string of the molecule is C[C@@H](C(=O)Nc1ccccc1F)N(C)CC(=O)NC1CC1. The zero-order chi connectivity index (χ0) is 15.4. The van der Waals surface area contributed by atoms with E-state index in [-0.39, 0.29) is 24.0 Å². The van der Waals surface area contributed by atoms with Gasteiger partial charge in [-0.3, -0.25) is 14.5 Å². The largest absolute Gasteiger partial charge is 0.352 e. The summed E-state index contributed by atoms with van der Waals surface area (Å²) in [6.07, 6.45) is 2.05. The van der Waals surface area contributed by atoms with E-state index in [9.17, 15) is 14.0 Å². The van der Waals surface area contributed by atoms with Crippen LogP contribution >= 0.6 is 0 Å². The highest BCUT2D eigenvalue weighted by molar-refractivity contribution is 5.95. The van der Waals surface area contributed by atoms with Crippen LogP contribution in [0.4, 0.5) is 10.1 Å². The summed E-state index contributed by atoms with van der Waals surface area (Å²) in [7, 11) is 1.69. The van der Waals surface area contributed by atoms with Gasteiger partial charge in [-0.2, -0.15) is 0 Å². The molecule has 114 valence electrons. The summed E-state index contributed by atoms with van der Waals surface area (Å²) in [4.78, 5) is 25.4. The molecule has 0 bridgehead atoms. The highest BCUT2D eigenvalue weighted by atomic mass is 19.1. The number of amides is 2. The van der Waals surface area contributed by atoms with Crippen molar-refractivity contribution in [2.45, 2.75) is 31.8 Å². The standard InChI is InChI=1S/C15H20FN3O2/c1-10(19(2)9-14(20)17-11-7-8-11)15(21)18-13-6-4-3-5-12(13)16/h3-6,10-11H,7-9H2,1-2H3,(H,17,20)(H,18,21)/t10-/m0/s1. The fraction of sp³-hybridized carbons (Fsp3) is 0.467. The van der Waals surface area contributed by atoms with Gasteiger partial charge in [0.25, 0.3) is 0 Å². The minimum Gasteiger partial charge on any atom is -0.352 e. The van der Waals surface area contributed by atoms with Crippen molar-refractivity contribution in [3.63, 3.8) is 0 Å². The average Bonchev–Trinajstić information content (AvgIpc) is 3.24. The quantitative estimate of drug-likeness (QED) is 0.832. The van der Waals surface area contributed by atoms with E-state index in [1.54, 1.807) is 31.0 Å². The van der Waals surface area contributed by atoms with E-state index < -0.39 is 11.9 Å². The summed E-state index contributed by atoms with van der Waals surface area (Å²) in [5, 5.41) is 5.39. The van der Waals surface area contributed by atoms with Gasteiger partial charge in [0.2, 0.25) is 11.8 Å². The Balaban J connectivity index is 1.85. The van der Waals surface area contributed by atoms with E-state index in [4.69, 9.17) is 0 Å². The molecular weight excluding hydrogens is 273 g/mol. The van der Waals surface area contributed by atoms with Crippen molar-refractivity contribution in [1.82, 2.24) is 10.2 Å². The van der Waals surface area contributed by atoms with Crippen molar-refractivity contribution in [3.05, 3.63) is 30.1 Å². The number of benzene rings is 1. The average molecular weight is 293 g/mol. The van der Waals surface area contributed by atoms with Crippen molar-refractivity contribution in [2.24, 2.45) is 0 Å². The van der Waals surface area contributed by atoms with Crippen LogP contribution in [0, 0.1) is 5.82 Å². The van der Waals surface area contributed by atoms with Crippen molar-refractivity contribution in [1.29, 1.82) is 0 Å². The van der Waals surface area contributed by atoms with Crippen LogP contribution in [0.3, 0.4) is 0 Å². The predicted molar refractivity (Wildman–Crippen MR) is 78.3 cm³/mol. The van der Waals surface area contributed by atoms with E-state index in [1.807, 2.05) is 0 Å². The highest BCUT2D eigenvalue weighted by Crippen LogP contribution is 2.18. The Morgan fingerprint density at radius 2 is 2.05 bits per heavy atom. The maximum absolute atomic E-state index is 13.5. The van der Waals surface area contributed by atoms with Gasteiger partial charge in [-0.1, -0.05) is 12.1 Å². The molecule has 1 fully saturated rings. The second kappa shape index (κ2) is 6.67. The number of likely N-dealkylation sites (N-methyl/N-ethyl adjacent to an activating group) is 1. The molecule has 1 aromatic rings. The number of rotatable bonds is 6. The van der Waals surface area contributed by atoms with Gasteiger partial charge in [0.15, 0.2) is 0 Å². The molecule has 1 aliphatic rings. The van der Waals surface area contributed by atoms with Crippen LogP contribution in [0.25, 0.3) is 0 Å². The molecule has 1 aliphatic carbocycles. The van der Waals surface area contributed by atoms with E-state index in [0.29, 0.717) is 6.04 Å². The van der Waals surface area contributed by atoms with Gasteiger partial charge in [0.1, 0.15) is 5.82 Å². The first-order valence-corrected chi connectivity index (χ1v) is 7.02. The number of nitrogens with one attached hydrogen (secondary N) is 2. The van der Waals surface area contributed by atoms with Crippen LogP contribution in [-0.2, 0) is 9.59 Å². The zero-order valence-electron chi connectivity index (χ0n) is 12.2. The molecule has 0 unspecified atom stereocenters. The number of halogens is 1. The number of para-hydroxylation sites is 1. The fourth-order valence-electron chi connectivity index (χ4n) is 1.86. The Labute approximate surface area is 123 Å². The van der Waals surface area contributed by atoms with Crippen molar-refractivity contribution in [2.75, 3.05) is 18.9 Å². The molecule has 5 nitrogen and oxygen atoms in total. The van der Waals surface area contributed by atoms with Gasteiger partial charge in [-0.15, -0.1) is 0 Å². The van der Waals surface area contributed by atoms with Crippen molar-refractivity contribution >= 4 is 17.5 Å². The van der Waals surface area contributed by atoms with Crippen LogP contribution in [0.1, 0.15) is 19.8 Å². The molecule has 1 aromatic carbocycles. The lowest BCUT2D eigenvalue weighted by Crippen LogP contribution is -2.45. The Morgan fingerprint density at radius 3 is 2.67 bits per heavy atom.